The van der Waals surface area contributed by atoms with Crippen LogP contribution in [0.4, 0.5) is 0 Å². The normalized spacial score (nSPS) is 20.6. The molecule has 0 N–H and O–H groups in total. The molecule has 1 heterocycles. The Bertz CT molecular complexity index is 556. The Morgan fingerprint density at radius 2 is 2.05 bits per heavy atom. The molecule has 112 valence electrons. The summed E-state index contributed by atoms with van der Waals surface area (Å²) in [5.74, 6) is 0.217. The second-order valence-electron chi connectivity index (χ2n) is 6.21. The number of carbonyl (C=O) groups excluding carboxylic acids is 1. The van der Waals surface area contributed by atoms with Crippen molar-refractivity contribution in [1.82, 2.24) is 4.90 Å². The molecule has 0 saturated carbocycles. The van der Waals surface area contributed by atoms with Gasteiger partial charge in [0.2, 0.25) is 5.91 Å². The Kier molecular flexibility index (Phi) is 3.85. The fourth-order valence-electron chi connectivity index (χ4n) is 3.48. The lowest BCUT2D eigenvalue weighted by atomic mass is 9.74. The molecular formula is C18H23NO2. The number of likely N-dealkylation sites (tertiary alicyclic amines) is 1. The number of benzene rings is 1. The predicted octanol–water partition coefficient (Wildman–Crippen LogP) is 3.00. The standard InChI is InChI=1S/C18H23NO2/c1-14(21-2)13-17(20)19-11-9-18(10-12-19)8-7-15-5-3-4-6-16(15)18/h3-8,14H,9-13H2,1-2H3. The van der Waals surface area contributed by atoms with Crippen LogP contribution in [-0.4, -0.2) is 37.1 Å². The topological polar surface area (TPSA) is 29.5 Å². The average molecular weight is 285 g/mol. The number of rotatable bonds is 3. The zero-order chi connectivity index (χ0) is 14.9. The fraction of sp³-hybridized carbons (Fsp3) is 0.500. The quantitative estimate of drug-likeness (QED) is 0.854. The summed E-state index contributed by atoms with van der Waals surface area (Å²) in [5.41, 5.74) is 2.92. The Balaban J connectivity index is 1.66. The number of nitrogens with zero attached hydrogens (tertiary/aromatic N) is 1. The second-order valence-corrected chi connectivity index (χ2v) is 6.21. The van der Waals surface area contributed by atoms with Gasteiger partial charge in [-0.3, -0.25) is 4.79 Å². The van der Waals surface area contributed by atoms with Crippen molar-refractivity contribution in [2.24, 2.45) is 0 Å². The van der Waals surface area contributed by atoms with Crippen LogP contribution in [0.1, 0.15) is 37.3 Å². The molecule has 1 spiro atoms. The summed E-state index contributed by atoms with van der Waals surface area (Å²) in [7, 11) is 1.66. The van der Waals surface area contributed by atoms with Crippen molar-refractivity contribution in [3.8, 4) is 0 Å². The number of hydrogen-bond acceptors (Lipinski definition) is 2. The molecule has 1 aromatic carbocycles. The Labute approximate surface area is 126 Å². The first-order chi connectivity index (χ1) is 10.1. The van der Waals surface area contributed by atoms with Gasteiger partial charge in [0.25, 0.3) is 0 Å². The first kappa shape index (κ1) is 14.3. The van der Waals surface area contributed by atoms with Crippen LogP contribution < -0.4 is 0 Å². The molecule has 1 unspecified atom stereocenters. The Hall–Kier alpha value is -1.61. The molecule has 1 saturated heterocycles. The molecule has 1 fully saturated rings. The van der Waals surface area contributed by atoms with Crippen molar-refractivity contribution < 1.29 is 9.53 Å². The van der Waals surface area contributed by atoms with E-state index in [1.165, 1.54) is 11.1 Å². The van der Waals surface area contributed by atoms with E-state index in [2.05, 4.69) is 36.4 Å². The van der Waals surface area contributed by atoms with Gasteiger partial charge in [0.05, 0.1) is 12.5 Å². The van der Waals surface area contributed by atoms with Crippen LogP contribution in [0, 0.1) is 0 Å². The minimum atomic E-state index is 0.000453. The summed E-state index contributed by atoms with van der Waals surface area (Å²) in [6, 6.07) is 8.62. The van der Waals surface area contributed by atoms with E-state index in [-0.39, 0.29) is 17.4 Å². The van der Waals surface area contributed by atoms with E-state index in [0.717, 1.165) is 25.9 Å². The van der Waals surface area contributed by atoms with E-state index in [9.17, 15) is 4.79 Å². The van der Waals surface area contributed by atoms with Gasteiger partial charge in [0, 0.05) is 25.6 Å². The van der Waals surface area contributed by atoms with Crippen molar-refractivity contribution in [2.45, 2.75) is 37.7 Å². The van der Waals surface area contributed by atoms with Crippen molar-refractivity contribution in [2.75, 3.05) is 20.2 Å². The van der Waals surface area contributed by atoms with Crippen molar-refractivity contribution >= 4 is 12.0 Å². The van der Waals surface area contributed by atoms with Crippen LogP contribution in [0.5, 0.6) is 0 Å². The predicted molar refractivity (Wildman–Crippen MR) is 84.1 cm³/mol. The van der Waals surface area contributed by atoms with E-state index in [1.807, 2.05) is 11.8 Å². The summed E-state index contributed by atoms with van der Waals surface area (Å²) >= 11 is 0. The lowest BCUT2D eigenvalue weighted by Crippen LogP contribution is -2.44. The minimum absolute atomic E-state index is 0.000453. The fourth-order valence-corrected chi connectivity index (χ4v) is 3.48. The second kappa shape index (κ2) is 5.64. The molecule has 1 atom stereocenters. The average Bonchev–Trinajstić information content (AvgIpc) is 2.87. The number of piperidine rings is 1. The summed E-state index contributed by atoms with van der Waals surface area (Å²) in [4.78, 5) is 14.2. The number of methoxy groups -OCH3 is 1. The van der Waals surface area contributed by atoms with Crippen LogP contribution in [0.3, 0.4) is 0 Å². The van der Waals surface area contributed by atoms with Gasteiger partial charge in [-0.15, -0.1) is 0 Å². The highest BCUT2D eigenvalue weighted by Crippen LogP contribution is 2.43. The van der Waals surface area contributed by atoms with E-state index in [4.69, 9.17) is 4.74 Å². The Morgan fingerprint density at radius 1 is 1.33 bits per heavy atom. The van der Waals surface area contributed by atoms with Gasteiger partial charge in [-0.2, -0.15) is 0 Å². The zero-order valence-corrected chi connectivity index (χ0v) is 12.8. The summed E-state index contributed by atoms with van der Waals surface area (Å²) in [6.45, 7) is 3.63. The van der Waals surface area contributed by atoms with Crippen molar-refractivity contribution in [1.29, 1.82) is 0 Å². The summed E-state index contributed by atoms with van der Waals surface area (Å²) < 4.78 is 5.19. The van der Waals surface area contributed by atoms with Gasteiger partial charge in [-0.05, 0) is 30.9 Å². The maximum atomic E-state index is 12.2. The monoisotopic (exact) mass is 285 g/mol. The van der Waals surface area contributed by atoms with Crippen LogP contribution in [0.15, 0.2) is 30.3 Å². The SMILES string of the molecule is COC(C)CC(=O)N1CCC2(C=Cc3ccccc32)CC1. The molecule has 3 rings (SSSR count). The van der Waals surface area contributed by atoms with E-state index < -0.39 is 0 Å². The number of amides is 1. The number of carbonyl (C=O) groups is 1. The highest BCUT2D eigenvalue weighted by molar-refractivity contribution is 5.77. The maximum Gasteiger partial charge on any atom is 0.225 e. The van der Waals surface area contributed by atoms with Crippen LogP contribution in [0.2, 0.25) is 0 Å². The number of allylic oxidation sites excluding steroid dienone is 1. The molecule has 21 heavy (non-hydrogen) atoms. The molecule has 0 aromatic heterocycles. The smallest absolute Gasteiger partial charge is 0.225 e. The van der Waals surface area contributed by atoms with Gasteiger partial charge >= 0.3 is 0 Å². The lowest BCUT2D eigenvalue weighted by molar-refractivity contribution is -0.134. The molecule has 1 aliphatic heterocycles. The third-order valence-electron chi connectivity index (χ3n) is 4.95. The van der Waals surface area contributed by atoms with Gasteiger partial charge in [0.15, 0.2) is 0 Å². The van der Waals surface area contributed by atoms with Gasteiger partial charge < -0.3 is 9.64 Å². The van der Waals surface area contributed by atoms with Gasteiger partial charge in [-0.1, -0.05) is 36.4 Å². The van der Waals surface area contributed by atoms with Gasteiger partial charge in [0.1, 0.15) is 0 Å². The molecule has 0 radical (unpaired) electrons. The minimum Gasteiger partial charge on any atom is -0.381 e. The third kappa shape index (κ3) is 2.62. The zero-order valence-electron chi connectivity index (χ0n) is 12.8. The molecule has 1 aromatic rings. The highest BCUT2D eigenvalue weighted by Gasteiger charge is 2.38. The number of fused-ring (bicyclic) bond motifs is 2. The van der Waals surface area contributed by atoms with Crippen molar-refractivity contribution in [3.63, 3.8) is 0 Å². The Morgan fingerprint density at radius 3 is 2.76 bits per heavy atom. The van der Waals surface area contributed by atoms with E-state index >= 15 is 0 Å². The first-order valence-electron chi connectivity index (χ1n) is 7.74. The van der Waals surface area contributed by atoms with Crippen LogP contribution in [0.25, 0.3) is 6.08 Å². The van der Waals surface area contributed by atoms with Crippen molar-refractivity contribution in [3.05, 3.63) is 41.5 Å². The van der Waals surface area contributed by atoms with Crippen LogP contribution >= 0.6 is 0 Å². The molecule has 0 bridgehead atoms. The van der Waals surface area contributed by atoms with Gasteiger partial charge in [-0.25, -0.2) is 0 Å². The van der Waals surface area contributed by atoms with E-state index in [1.54, 1.807) is 7.11 Å². The maximum absolute atomic E-state index is 12.2. The molecule has 3 nitrogen and oxygen atoms in total. The molecule has 2 aliphatic rings. The summed E-state index contributed by atoms with van der Waals surface area (Å²) in [5, 5.41) is 0. The lowest BCUT2D eigenvalue weighted by Gasteiger charge is -2.39. The molecular weight excluding hydrogens is 262 g/mol. The van der Waals surface area contributed by atoms with Crippen LogP contribution in [-0.2, 0) is 14.9 Å². The molecule has 1 amide bonds. The van der Waals surface area contributed by atoms with E-state index in [0.29, 0.717) is 6.42 Å². The number of hydrogen-bond donors (Lipinski definition) is 0. The number of ether oxygens (including phenoxy) is 1. The summed E-state index contributed by atoms with van der Waals surface area (Å²) in [6.07, 6.45) is 7.11. The highest BCUT2D eigenvalue weighted by atomic mass is 16.5. The molecule has 3 heteroatoms. The third-order valence-corrected chi connectivity index (χ3v) is 4.95. The molecule has 1 aliphatic carbocycles. The largest absolute Gasteiger partial charge is 0.381 e. The first-order valence-corrected chi connectivity index (χ1v) is 7.74.